The molecule has 0 radical (unpaired) electrons. The highest BCUT2D eigenvalue weighted by molar-refractivity contribution is 7.48. The molecule has 1 aliphatic heterocycles. The van der Waals surface area contributed by atoms with Gasteiger partial charge in [-0.15, -0.1) is 0 Å². The molecule has 0 N–H and O–H groups in total. The minimum absolute atomic E-state index is 0.166. The number of rotatable bonds is 9. The van der Waals surface area contributed by atoms with Gasteiger partial charge in [0, 0.05) is 5.57 Å². The van der Waals surface area contributed by atoms with Gasteiger partial charge in [0.1, 0.15) is 0 Å². The maximum atomic E-state index is 12.0. The fraction of sp³-hybridized carbons (Fsp3) is 0.750. The van der Waals surface area contributed by atoms with E-state index in [1.165, 1.54) is 6.92 Å². The second-order valence-electron chi connectivity index (χ2n) is 4.11. The Labute approximate surface area is 123 Å². The van der Waals surface area contributed by atoms with E-state index in [1.807, 2.05) is 0 Å². The predicted octanol–water partition coefficient (Wildman–Crippen LogP) is 2.00. The molecule has 0 bridgehead atoms. The number of carbonyl (C=O) groups is 1. The summed E-state index contributed by atoms with van der Waals surface area (Å²) in [6, 6.07) is 0. The maximum Gasteiger partial charge on any atom is 0.475 e. The van der Waals surface area contributed by atoms with E-state index in [0.717, 1.165) is 0 Å². The normalized spacial score (nSPS) is 17.7. The third-order valence-electron chi connectivity index (χ3n) is 2.31. The van der Waals surface area contributed by atoms with Crippen LogP contribution in [-0.4, -0.2) is 45.0 Å². The van der Waals surface area contributed by atoms with Crippen molar-refractivity contribution in [3.05, 3.63) is 12.2 Å². The van der Waals surface area contributed by atoms with Crippen molar-refractivity contribution in [3.63, 3.8) is 0 Å². The molecule has 0 aromatic rings. The molecule has 0 amide bonds. The van der Waals surface area contributed by atoms with Gasteiger partial charge >= 0.3 is 19.8 Å². The first-order valence-electron chi connectivity index (χ1n) is 6.57. The summed E-state index contributed by atoms with van der Waals surface area (Å²) in [6.07, 6.45) is 0. The van der Waals surface area contributed by atoms with E-state index in [2.05, 4.69) is 6.58 Å². The Bertz CT molecular complexity index is 405. The minimum atomic E-state index is -3.65. The van der Waals surface area contributed by atoms with Crippen LogP contribution in [0, 0.1) is 0 Å². The van der Waals surface area contributed by atoms with Crippen molar-refractivity contribution in [2.75, 3.05) is 33.0 Å². The number of hydrogen-bond donors (Lipinski definition) is 0. The molecule has 0 aliphatic carbocycles. The number of esters is 1. The molecular weight excluding hydrogens is 303 g/mol. The van der Waals surface area contributed by atoms with Crippen molar-refractivity contribution in [1.82, 2.24) is 0 Å². The molecular formula is C12H21O8P. The zero-order valence-corrected chi connectivity index (χ0v) is 13.4. The summed E-state index contributed by atoms with van der Waals surface area (Å²) in [5.41, 5.74) is 0.166. The molecule has 1 fully saturated rings. The first kappa shape index (κ1) is 18.3. The van der Waals surface area contributed by atoms with E-state index in [-0.39, 0.29) is 32.0 Å². The lowest BCUT2D eigenvalue weighted by Crippen LogP contribution is -2.45. The summed E-state index contributed by atoms with van der Waals surface area (Å²) in [7, 11) is -3.65. The van der Waals surface area contributed by atoms with Crippen LogP contribution in [0.5, 0.6) is 0 Å². The van der Waals surface area contributed by atoms with Gasteiger partial charge < -0.3 is 14.2 Å². The van der Waals surface area contributed by atoms with E-state index in [1.54, 1.807) is 13.8 Å². The summed E-state index contributed by atoms with van der Waals surface area (Å²) in [4.78, 5) is 11.7. The lowest BCUT2D eigenvalue weighted by atomic mass is 10.3. The molecule has 1 heterocycles. The molecule has 0 saturated carbocycles. The summed E-state index contributed by atoms with van der Waals surface area (Å²) >= 11 is 0. The third-order valence-corrected chi connectivity index (χ3v) is 3.75. The highest BCUT2D eigenvalue weighted by atomic mass is 31.2. The first-order valence-corrected chi connectivity index (χ1v) is 8.03. The van der Waals surface area contributed by atoms with Crippen molar-refractivity contribution in [2.24, 2.45) is 0 Å². The van der Waals surface area contributed by atoms with Crippen molar-refractivity contribution in [2.45, 2.75) is 26.7 Å². The second-order valence-corrected chi connectivity index (χ2v) is 5.78. The van der Waals surface area contributed by atoms with E-state index in [9.17, 15) is 9.36 Å². The molecule has 122 valence electrons. The van der Waals surface area contributed by atoms with Crippen LogP contribution < -0.4 is 0 Å². The van der Waals surface area contributed by atoms with Gasteiger partial charge in [-0.3, -0.25) is 13.6 Å². The maximum absolute atomic E-state index is 12.0. The molecule has 8 nitrogen and oxygen atoms in total. The highest BCUT2D eigenvalue weighted by Crippen LogP contribution is 2.53. The van der Waals surface area contributed by atoms with E-state index >= 15 is 0 Å². The average Bonchev–Trinajstić information content (AvgIpc) is 2.84. The largest absolute Gasteiger partial charge is 0.475 e. The van der Waals surface area contributed by atoms with Gasteiger partial charge in [0.05, 0.1) is 26.4 Å². The zero-order valence-electron chi connectivity index (χ0n) is 12.5. The highest BCUT2D eigenvalue weighted by Gasteiger charge is 2.42. The Hall–Kier alpha value is -0.760. The standard InChI is InChI=1S/C12H21O8P/c1-5-15-12(16-6-2,20-11(13)10(3)4)9-19-21(14)17-7-8-18-21/h3,5-9H2,1-2,4H3. The molecule has 0 atom stereocenters. The number of ether oxygens (including phenoxy) is 3. The predicted molar refractivity (Wildman–Crippen MR) is 72.4 cm³/mol. The van der Waals surface area contributed by atoms with Crippen LogP contribution in [0.4, 0.5) is 0 Å². The van der Waals surface area contributed by atoms with Crippen molar-refractivity contribution >= 4 is 13.8 Å². The van der Waals surface area contributed by atoms with Crippen LogP contribution in [0.2, 0.25) is 0 Å². The number of phosphoric acid groups is 1. The van der Waals surface area contributed by atoms with Gasteiger partial charge in [-0.2, -0.15) is 0 Å². The Morgan fingerprint density at radius 2 is 1.76 bits per heavy atom. The Morgan fingerprint density at radius 1 is 1.24 bits per heavy atom. The fourth-order valence-electron chi connectivity index (χ4n) is 1.45. The zero-order chi connectivity index (χ0) is 15.9. The summed E-state index contributed by atoms with van der Waals surface area (Å²) < 4.78 is 42.6. The molecule has 0 aromatic carbocycles. The summed E-state index contributed by atoms with van der Waals surface area (Å²) in [5.74, 6) is -2.54. The summed E-state index contributed by atoms with van der Waals surface area (Å²) in [6.45, 7) is 8.58. The van der Waals surface area contributed by atoms with Gasteiger partial charge in [-0.05, 0) is 20.8 Å². The lowest BCUT2D eigenvalue weighted by Gasteiger charge is -2.31. The van der Waals surface area contributed by atoms with Gasteiger partial charge in [-0.25, -0.2) is 9.36 Å². The molecule has 9 heteroatoms. The van der Waals surface area contributed by atoms with Gasteiger partial charge in [-0.1, -0.05) is 6.58 Å². The van der Waals surface area contributed by atoms with Gasteiger partial charge in [0.25, 0.3) is 0 Å². The summed E-state index contributed by atoms with van der Waals surface area (Å²) in [5, 5.41) is 0. The Balaban J connectivity index is 2.80. The molecule has 1 saturated heterocycles. The quantitative estimate of drug-likeness (QED) is 0.275. The molecule has 1 aliphatic rings. The SMILES string of the molecule is C=C(C)C(=O)OC(COP1(=O)OCCO1)(OCC)OCC. The second kappa shape index (κ2) is 8.03. The third kappa shape index (κ3) is 5.50. The minimum Gasteiger partial charge on any atom is -0.402 e. The average molecular weight is 324 g/mol. The monoisotopic (exact) mass is 324 g/mol. The van der Waals surface area contributed by atoms with E-state index in [0.29, 0.717) is 0 Å². The smallest absolute Gasteiger partial charge is 0.402 e. The molecule has 1 rings (SSSR count). The van der Waals surface area contributed by atoms with Crippen LogP contribution in [0.3, 0.4) is 0 Å². The first-order chi connectivity index (χ1) is 9.86. The van der Waals surface area contributed by atoms with Gasteiger partial charge in [0.2, 0.25) is 0 Å². The van der Waals surface area contributed by atoms with E-state index < -0.39 is 26.4 Å². The van der Waals surface area contributed by atoms with Crippen molar-refractivity contribution in [3.8, 4) is 0 Å². The number of hydrogen-bond acceptors (Lipinski definition) is 8. The molecule has 0 spiro atoms. The topological polar surface area (TPSA) is 89.5 Å². The molecule has 0 aromatic heterocycles. The molecule has 21 heavy (non-hydrogen) atoms. The number of carbonyl (C=O) groups excluding carboxylic acids is 1. The molecule has 0 unspecified atom stereocenters. The van der Waals surface area contributed by atoms with Crippen molar-refractivity contribution < 1.29 is 37.1 Å². The van der Waals surface area contributed by atoms with Crippen LogP contribution in [0.1, 0.15) is 20.8 Å². The lowest BCUT2D eigenvalue weighted by molar-refractivity contribution is -0.368. The number of phosphoric ester groups is 1. The van der Waals surface area contributed by atoms with Crippen molar-refractivity contribution in [1.29, 1.82) is 0 Å². The van der Waals surface area contributed by atoms with Crippen LogP contribution in [-0.2, 0) is 37.1 Å². The van der Waals surface area contributed by atoms with Crippen LogP contribution in [0.15, 0.2) is 12.2 Å². The Morgan fingerprint density at radius 3 is 2.19 bits per heavy atom. The Kier molecular flexibility index (Phi) is 6.99. The van der Waals surface area contributed by atoms with Gasteiger partial charge in [0.15, 0.2) is 6.61 Å². The fourth-order valence-corrected chi connectivity index (χ4v) is 2.59. The van der Waals surface area contributed by atoms with Crippen LogP contribution >= 0.6 is 7.82 Å². The van der Waals surface area contributed by atoms with E-state index in [4.69, 9.17) is 27.8 Å². The van der Waals surface area contributed by atoms with Crippen LogP contribution in [0.25, 0.3) is 0 Å².